The summed E-state index contributed by atoms with van der Waals surface area (Å²) in [5, 5.41) is 30.4. The van der Waals surface area contributed by atoms with Gasteiger partial charge in [-0.15, -0.1) is 0 Å². The van der Waals surface area contributed by atoms with E-state index < -0.39 is 27.1 Å². The molecule has 22 heavy (non-hydrogen) atoms. The molecule has 9 nitrogen and oxygen atoms in total. The lowest BCUT2D eigenvalue weighted by molar-refractivity contribution is -0.385. The molecule has 0 amide bonds. The molecule has 0 spiro atoms. The molecule has 2 rings (SSSR count). The Morgan fingerprint density at radius 1 is 1.00 bits per heavy atom. The van der Waals surface area contributed by atoms with Gasteiger partial charge in [0.05, 0.1) is 15.9 Å². The van der Waals surface area contributed by atoms with Crippen LogP contribution in [0.5, 0.6) is 11.5 Å². The van der Waals surface area contributed by atoms with Gasteiger partial charge in [-0.3, -0.25) is 20.2 Å². The number of aromatic carboxylic acids is 1. The Balaban J connectivity index is 2.41. The predicted octanol–water partition coefficient (Wildman–Crippen LogP) is 2.99. The number of nitro benzene ring substituents is 2. The van der Waals surface area contributed by atoms with Crippen LogP contribution in [-0.4, -0.2) is 20.9 Å². The number of hydrogen-bond acceptors (Lipinski definition) is 6. The van der Waals surface area contributed by atoms with Crippen LogP contribution in [0.15, 0.2) is 42.5 Å². The maximum absolute atomic E-state index is 11.2. The summed E-state index contributed by atoms with van der Waals surface area (Å²) in [6.45, 7) is 0. The van der Waals surface area contributed by atoms with Gasteiger partial charge in [-0.25, -0.2) is 4.79 Å². The van der Waals surface area contributed by atoms with Crippen molar-refractivity contribution in [2.24, 2.45) is 0 Å². The molecule has 0 aliphatic rings. The summed E-state index contributed by atoms with van der Waals surface area (Å²) in [5.74, 6) is -1.52. The molecular formula is C13H8N2O7. The summed E-state index contributed by atoms with van der Waals surface area (Å²) < 4.78 is 5.29. The van der Waals surface area contributed by atoms with Crippen LogP contribution in [0.1, 0.15) is 10.4 Å². The molecule has 0 saturated carbocycles. The van der Waals surface area contributed by atoms with E-state index in [9.17, 15) is 25.0 Å². The number of carbonyl (C=O) groups is 1. The highest BCUT2D eigenvalue weighted by atomic mass is 16.6. The van der Waals surface area contributed by atoms with Crippen LogP contribution in [0.3, 0.4) is 0 Å². The zero-order chi connectivity index (χ0) is 16.3. The van der Waals surface area contributed by atoms with E-state index in [0.717, 1.165) is 24.3 Å². The van der Waals surface area contributed by atoms with Gasteiger partial charge in [0.1, 0.15) is 17.1 Å². The van der Waals surface area contributed by atoms with Crippen molar-refractivity contribution < 1.29 is 24.5 Å². The van der Waals surface area contributed by atoms with Gasteiger partial charge in [-0.1, -0.05) is 6.07 Å². The van der Waals surface area contributed by atoms with Gasteiger partial charge in [0.25, 0.3) is 11.4 Å². The van der Waals surface area contributed by atoms with E-state index in [4.69, 9.17) is 9.84 Å². The van der Waals surface area contributed by atoms with Crippen molar-refractivity contribution in [2.75, 3.05) is 0 Å². The van der Waals surface area contributed by atoms with Crippen LogP contribution in [0.2, 0.25) is 0 Å². The Labute approximate surface area is 122 Å². The second-order valence-electron chi connectivity index (χ2n) is 4.10. The Bertz CT molecular complexity index is 773. The highest BCUT2D eigenvalue weighted by molar-refractivity contribution is 5.91. The molecule has 9 heteroatoms. The first kappa shape index (κ1) is 14.9. The number of benzene rings is 2. The smallest absolute Gasteiger partial charge is 0.339 e. The first-order valence-corrected chi connectivity index (χ1v) is 5.82. The summed E-state index contributed by atoms with van der Waals surface area (Å²) in [6, 6.07) is 8.21. The van der Waals surface area contributed by atoms with Crippen molar-refractivity contribution in [3.05, 3.63) is 68.3 Å². The van der Waals surface area contributed by atoms with Gasteiger partial charge in [-0.05, 0) is 12.1 Å². The fraction of sp³-hybridized carbons (Fsp3) is 0. The minimum atomic E-state index is -1.41. The Hall–Kier alpha value is -3.49. The summed E-state index contributed by atoms with van der Waals surface area (Å²) >= 11 is 0. The molecule has 0 aliphatic heterocycles. The summed E-state index contributed by atoms with van der Waals surface area (Å²) in [4.78, 5) is 31.1. The number of carboxylic acid groups (broad SMARTS) is 1. The standard InChI is InChI=1S/C13H8N2O7/c16-13(17)11-7-9(15(20)21)4-5-12(11)22-10-3-1-2-8(6-10)14(18)19/h1-7H,(H,16,17). The first-order valence-electron chi connectivity index (χ1n) is 5.82. The lowest BCUT2D eigenvalue weighted by Gasteiger charge is -2.08. The molecule has 2 aromatic rings. The fourth-order valence-corrected chi connectivity index (χ4v) is 1.68. The van der Waals surface area contributed by atoms with Crippen LogP contribution in [0.25, 0.3) is 0 Å². The molecule has 0 fully saturated rings. The number of nitrogens with zero attached hydrogens (tertiary/aromatic N) is 2. The van der Waals surface area contributed by atoms with E-state index in [1.807, 2.05) is 0 Å². The minimum absolute atomic E-state index is 0.0468. The number of non-ortho nitro benzene ring substituents is 2. The summed E-state index contributed by atoms with van der Waals surface area (Å²) in [6.07, 6.45) is 0. The zero-order valence-corrected chi connectivity index (χ0v) is 10.8. The van der Waals surface area contributed by atoms with E-state index in [1.165, 1.54) is 18.2 Å². The molecule has 0 bridgehead atoms. The molecule has 1 N–H and O–H groups in total. The number of ether oxygens (including phenoxy) is 1. The summed E-state index contributed by atoms with van der Waals surface area (Å²) in [7, 11) is 0. The second-order valence-corrected chi connectivity index (χ2v) is 4.10. The van der Waals surface area contributed by atoms with Crippen molar-refractivity contribution in [1.82, 2.24) is 0 Å². The van der Waals surface area contributed by atoms with E-state index in [2.05, 4.69) is 0 Å². The molecular weight excluding hydrogens is 296 g/mol. The van der Waals surface area contributed by atoms with Gasteiger partial charge in [0, 0.05) is 18.2 Å². The molecule has 0 radical (unpaired) electrons. The zero-order valence-electron chi connectivity index (χ0n) is 10.8. The lowest BCUT2D eigenvalue weighted by Crippen LogP contribution is -2.01. The van der Waals surface area contributed by atoms with Crippen molar-refractivity contribution in [2.45, 2.75) is 0 Å². The maximum atomic E-state index is 11.2. The van der Waals surface area contributed by atoms with Gasteiger partial charge in [-0.2, -0.15) is 0 Å². The molecule has 0 atom stereocenters. The minimum Gasteiger partial charge on any atom is -0.478 e. The second kappa shape index (κ2) is 5.87. The Morgan fingerprint density at radius 2 is 1.64 bits per heavy atom. The quantitative estimate of drug-likeness (QED) is 0.662. The predicted molar refractivity (Wildman–Crippen MR) is 73.2 cm³/mol. The SMILES string of the molecule is O=C(O)c1cc([N+](=O)[O-])ccc1Oc1cccc([N+](=O)[O-])c1. The normalized spacial score (nSPS) is 10.0. The highest BCUT2D eigenvalue weighted by Gasteiger charge is 2.18. The van der Waals surface area contributed by atoms with Crippen LogP contribution in [0, 0.1) is 20.2 Å². The molecule has 0 saturated heterocycles. The molecule has 112 valence electrons. The molecule has 0 aliphatic carbocycles. The maximum Gasteiger partial charge on any atom is 0.339 e. The van der Waals surface area contributed by atoms with Crippen molar-refractivity contribution in [3.8, 4) is 11.5 Å². The van der Waals surface area contributed by atoms with Crippen molar-refractivity contribution in [1.29, 1.82) is 0 Å². The third-order valence-electron chi connectivity index (χ3n) is 2.66. The molecule has 0 heterocycles. The van der Waals surface area contributed by atoms with Gasteiger partial charge < -0.3 is 9.84 Å². The molecule has 2 aromatic carbocycles. The van der Waals surface area contributed by atoms with Gasteiger partial charge in [0.2, 0.25) is 0 Å². The Morgan fingerprint density at radius 3 is 2.23 bits per heavy atom. The van der Waals surface area contributed by atoms with E-state index in [1.54, 1.807) is 0 Å². The van der Waals surface area contributed by atoms with Crippen LogP contribution < -0.4 is 4.74 Å². The monoisotopic (exact) mass is 304 g/mol. The van der Waals surface area contributed by atoms with Crippen LogP contribution in [-0.2, 0) is 0 Å². The van der Waals surface area contributed by atoms with Crippen molar-refractivity contribution in [3.63, 3.8) is 0 Å². The van der Waals surface area contributed by atoms with E-state index in [0.29, 0.717) is 0 Å². The first-order chi connectivity index (χ1) is 10.4. The molecule has 0 unspecified atom stereocenters. The Kier molecular flexibility index (Phi) is 3.98. The third-order valence-corrected chi connectivity index (χ3v) is 2.66. The fourth-order valence-electron chi connectivity index (χ4n) is 1.68. The summed E-state index contributed by atoms with van der Waals surface area (Å²) in [5.41, 5.74) is -1.04. The number of rotatable bonds is 5. The third kappa shape index (κ3) is 3.15. The van der Waals surface area contributed by atoms with Crippen LogP contribution in [0.4, 0.5) is 11.4 Å². The number of carboxylic acids is 1. The van der Waals surface area contributed by atoms with E-state index in [-0.39, 0.29) is 17.2 Å². The number of hydrogen-bond donors (Lipinski definition) is 1. The van der Waals surface area contributed by atoms with Crippen molar-refractivity contribution >= 4 is 17.3 Å². The largest absolute Gasteiger partial charge is 0.478 e. The van der Waals surface area contributed by atoms with Gasteiger partial charge in [0.15, 0.2) is 0 Å². The topological polar surface area (TPSA) is 133 Å². The van der Waals surface area contributed by atoms with Gasteiger partial charge >= 0.3 is 5.97 Å². The highest BCUT2D eigenvalue weighted by Crippen LogP contribution is 2.30. The molecule has 0 aromatic heterocycles. The number of nitro groups is 2. The van der Waals surface area contributed by atoms with E-state index >= 15 is 0 Å². The van der Waals surface area contributed by atoms with Crippen LogP contribution >= 0.6 is 0 Å². The average molecular weight is 304 g/mol. The average Bonchev–Trinajstić information content (AvgIpc) is 2.47. The lowest BCUT2D eigenvalue weighted by atomic mass is 10.2.